The Kier molecular flexibility index (Phi) is 4.49. The van der Waals surface area contributed by atoms with Gasteiger partial charge in [0.2, 0.25) is 10.0 Å². The molecule has 5 nitrogen and oxygen atoms in total. The van der Waals surface area contributed by atoms with Gasteiger partial charge < -0.3 is 5.32 Å². The molecule has 0 aliphatic rings. The molecule has 2 N–H and O–H groups in total. The molecular formula is C12H16N2O3S. The van der Waals surface area contributed by atoms with Crippen molar-refractivity contribution in [3.05, 3.63) is 36.4 Å². The second-order valence-corrected chi connectivity index (χ2v) is 5.80. The normalized spacial score (nSPS) is 10.8. The van der Waals surface area contributed by atoms with Gasteiger partial charge in [-0.2, -0.15) is 0 Å². The molecule has 18 heavy (non-hydrogen) atoms. The summed E-state index contributed by atoms with van der Waals surface area (Å²) in [6.45, 7) is 6.64. The third-order valence-electron chi connectivity index (χ3n) is 2.21. The highest BCUT2D eigenvalue weighted by Gasteiger charge is 2.11. The molecule has 1 amide bonds. The highest BCUT2D eigenvalue weighted by Crippen LogP contribution is 2.22. The predicted molar refractivity (Wildman–Crippen MR) is 73.0 cm³/mol. The molecule has 0 atom stereocenters. The van der Waals surface area contributed by atoms with Crippen LogP contribution in [0.25, 0.3) is 0 Å². The van der Waals surface area contributed by atoms with Gasteiger partial charge in [-0.3, -0.25) is 9.52 Å². The number of anilines is 2. The molecule has 1 aromatic carbocycles. The minimum Gasteiger partial charge on any atom is -0.320 e. The molecule has 0 heterocycles. The maximum absolute atomic E-state index is 11.5. The van der Waals surface area contributed by atoms with Crippen LogP contribution in [0, 0.1) is 0 Å². The Balaban J connectivity index is 3.00. The van der Waals surface area contributed by atoms with Crippen LogP contribution in [0.5, 0.6) is 0 Å². The Morgan fingerprint density at radius 2 is 1.83 bits per heavy atom. The summed E-state index contributed by atoms with van der Waals surface area (Å²) in [5, 5.41) is 2.59. The monoisotopic (exact) mass is 268 g/mol. The second-order valence-electron chi connectivity index (χ2n) is 3.79. The van der Waals surface area contributed by atoms with Gasteiger partial charge in [-0.15, -0.1) is 0 Å². The minimum atomic E-state index is -3.37. The van der Waals surface area contributed by atoms with Gasteiger partial charge in [0.25, 0.3) is 5.91 Å². The molecule has 0 aliphatic carbocycles. The van der Waals surface area contributed by atoms with E-state index in [1.165, 1.54) is 6.92 Å². The number of para-hydroxylation sites is 2. The van der Waals surface area contributed by atoms with E-state index in [0.29, 0.717) is 16.9 Å². The van der Waals surface area contributed by atoms with Crippen LogP contribution < -0.4 is 10.0 Å². The van der Waals surface area contributed by atoms with E-state index >= 15 is 0 Å². The van der Waals surface area contributed by atoms with E-state index in [1.54, 1.807) is 31.2 Å². The first-order valence-corrected chi connectivity index (χ1v) is 7.07. The number of sulfonamides is 1. The average Bonchev–Trinajstić information content (AvgIpc) is 2.31. The average molecular weight is 268 g/mol. The van der Waals surface area contributed by atoms with Gasteiger partial charge >= 0.3 is 0 Å². The molecular weight excluding hydrogens is 252 g/mol. The lowest BCUT2D eigenvalue weighted by molar-refractivity contribution is -0.112. The Morgan fingerprint density at radius 3 is 2.33 bits per heavy atom. The largest absolute Gasteiger partial charge is 0.320 e. The first-order valence-electron chi connectivity index (χ1n) is 5.42. The maximum atomic E-state index is 11.5. The summed E-state index contributed by atoms with van der Waals surface area (Å²) in [5.74, 6) is -0.381. The summed E-state index contributed by atoms with van der Waals surface area (Å²) in [7, 11) is -3.37. The number of carbonyl (C=O) groups is 1. The molecule has 1 rings (SSSR count). The lowest BCUT2D eigenvalue weighted by Crippen LogP contribution is -2.18. The molecule has 0 aliphatic heterocycles. The van der Waals surface area contributed by atoms with Gasteiger partial charge in [0, 0.05) is 5.57 Å². The zero-order valence-electron chi connectivity index (χ0n) is 10.4. The first kappa shape index (κ1) is 14.2. The Morgan fingerprint density at radius 1 is 1.28 bits per heavy atom. The van der Waals surface area contributed by atoms with E-state index in [4.69, 9.17) is 0 Å². The third-order valence-corrected chi connectivity index (χ3v) is 3.50. The fourth-order valence-corrected chi connectivity index (χ4v) is 1.81. The second kappa shape index (κ2) is 5.68. The van der Waals surface area contributed by atoms with Gasteiger partial charge in [-0.05, 0) is 26.0 Å². The van der Waals surface area contributed by atoms with Crippen LogP contribution in [0.15, 0.2) is 36.4 Å². The Hall–Kier alpha value is -1.82. The highest BCUT2D eigenvalue weighted by molar-refractivity contribution is 7.92. The van der Waals surface area contributed by atoms with Crippen molar-refractivity contribution < 1.29 is 13.2 Å². The molecule has 0 fully saturated rings. The van der Waals surface area contributed by atoms with Crippen molar-refractivity contribution in [3.63, 3.8) is 0 Å². The van der Waals surface area contributed by atoms with Crippen molar-refractivity contribution in [1.82, 2.24) is 0 Å². The SMILES string of the molecule is C=C(C)C(=O)Nc1ccccc1NS(=O)(=O)CC. The molecule has 0 aromatic heterocycles. The number of rotatable bonds is 5. The lowest BCUT2D eigenvalue weighted by atomic mass is 10.2. The minimum absolute atomic E-state index is 0.0320. The molecule has 0 radical (unpaired) electrons. The van der Waals surface area contributed by atoms with Crippen LogP contribution in [0.2, 0.25) is 0 Å². The van der Waals surface area contributed by atoms with Crippen LogP contribution in [0.3, 0.4) is 0 Å². The molecule has 98 valence electrons. The van der Waals surface area contributed by atoms with Crippen LogP contribution in [-0.2, 0) is 14.8 Å². The topological polar surface area (TPSA) is 75.3 Å². The van der Waals surface area contributed by atoms with Gasteiger partial charge in [0.15, 0.2) is 0 Å². The van der Waals surface area contributed by atoms with Gasteiger partial charge in [0.05, 0.1) is 17.1 Å². The van der Waals surface area contributed by atoms with Crippen LogP contribution in [-0.4, -0.2) is 20.1 Å². The number of amides is 1. The standard InChI is InChI=1S/C12H16N2O3S/c1-4-18(16,17)14-11-8-6-5-7-10(11)13-12(15)9(2)3/h5-8,14H,2,4H2,1,3H3,(H,13,15). The zero-order chi connectivity index (χ0) is 13.8. The third kappa shape index (κ3) is 3.89. The molecule has 0 saturated carbocycles. The van der Waals surface area contributed by atoms with Crippen molar-refractivity contribution in [2.24, 2.45) is 0 Å². The van der Waals surface area contributed by atoms with Crippen molar-refractivity contribution in [2.45, 2.75) is 13.8 Å². The number of hydrogen-bond donors (Lipinski definition) is 2. The number of benzene rings is 1. The predicted octanol–water partition coefficient (Wildman–Crippen LogP) is 1.96. The Labute approximate surface area is 107 Å². The molecule has 0 saturated heterocycles. The zero-order valence-corrected chi connectivity index (χ0v) is 11.2. The van der Waals surface area contributed by atoms with Crippen LogP contribution in [0.4, 0.5) is 11.4 Å². The van der Waals surface area contributed by atoms with Crippen molar-refractivity contribution in [1.29, 1.82) is 0 Å². The fraction of sp³-hybridized carbons (Fsp3) is 0.250. The summed E-state index contributed by atoms with van der Waals surface area (Å²) in [6.07, 6.45) is 0. The smallest absolute Gasteiger partial charge is 0.250 e. The quantitative estimate of drug-likeness (QED) is 0.802. The van der Waals surface area contributed by atoms with E-state index in [9.17, 15) is 13.2 Å². The summed E-state index contributed by atoms with van der Waals surface area (Å²) in [6, 6.07) is 6.59. The van der Waals surface area contributed by atoms with Gasteiger partial charge in [-0.25, -0.2) is 8.42 Å². The molecule has 0 bridgehead atoms. The van der Waals surface area contributed by atoms with Crippen LogP contribution in [0.1, 0.15) is 13.8 Å². The number of hydrogen-bond acceptors (Lipinski definition) is 3. The number of carbonyl (C=O) groups excluding carboxylic acids is 1. The molecule has 6 heteroatoms. The van der Waals surface area contributed by atoms with Gasteiger partial charge in [0.1, 0.15) is 0 Å². The summed E-state index contributed by atoms with van der Waals surface area (Å²) < 4.78 is 25.4. The summed E-state index contributed by atoms with van der Waals surface area (Å²) in [5.41, 5.74) is 1.10. The van der Waals surface area contributed by atoms with E-state index in [-0.39, 0.29) is 11.7 Å². The molecule has 0 spiro atoms. The fourth-order valence-electron chi connectivity index (χ4n) is 1.15. The van der Waals surface area contributed by atoms with E-state index in [0.717, 1.165) is 0 Å². The van der Waals surface area contributed by atoms with Crippen molar-refractivity contribution in [2.75, 3.05) is 15.8 Å². The molecule has 1 aromatic rings. The molecule has 0 unspecified atom stereocenters. The highest BCUT2D eigenvalue weighted by atomic mass is 32.2. The summed E-state index contributed by atoms with van der Waals surface area (Å²) >= 11 is 0. The maximum Gasteiger partial charge on any atom is 0.250 e. The summed E-state index contributed by atoms with van der Waals surface area (Å²) in [4.78, 5) is 11.5. The van der Waals surface area contributed by atoms with Crippen molar-refractivity contribution in [3.8, 4) is 0 Å². The van der Waals surface area contributed by atoms with Crippen molar-refractivity contribution >= 4 is 27.3 Å². The lowest BCUT2D eigenvalue weighted by Gasteiger charge is -2.12. The van der Waals surface area contributed by atoms with Crippen LogP contribution >= 0.6 is 0 Å². The van der Waals surface area contributed by atoms with E-state index in [1.807, 2.05) is 0 Å². The van der Waals surface area contributed by atoms with E-state index in [2.05, 4.69) is 16.6 Å². The van der Waals surface area contributed by atoms with E-state index < -0.39 is 10.0 Å². The number of nitrogens with one attached hydrogen (secondary N) is 2. The van der Waals surface area contributed by atoms with Gasteiger partial charge in [-0.1, -0.05) is 18.7 Å². The first-order chi connectivity index (χ1) is 8.35. The Bertz CT molecular complexity index is 564.